The third-order valence-corrected chi connectivity index (χ3v) is 2.48. The van der Waals surface area contributed by atoms with E-state index in [2.05, 4.69) is 11.6 Å². The molecule has 1 amide bonds. The van der Waals surface area contributed by atoms with Crippen LogP contribution in [0.15, 0.2) is 0 Å². The molecule has 1 aliphatic rings. The lowest BCUT2D eigenvalue weighted by atomic mass is 9.92. The van der Waals surface area contributed by atoms with Gasteiger partial charge in [-0.2, -0.15) is 8.78 Å². The van der Waals surface area contributed by atoms with Gasteiger partial charge in [0, 0.05) is 0 Å². The van der Waals surface area contributed by atoms with Gasteiger partial charge in [0.1, 0.15) is 0 Å². The highest BCUT2D eigenvalue weighted by atomic mass is 35.5. The van der Waals surface area contributed by atoms with Crippen molar-refractivity contribution in [3.05, 3.63) is 0 Å². The number of carbonyl (C=O) groups is 1. The zero-order chi connectivity index (χ0) is 10.8. The van der Waals surface area contributed by atoms with Crippen LogP contribution in [-0.4, -0.2) is 28.5 Å². The highest BCUT2D eigenvalue weighted by Crippen LogP contribution is 2.22. The van der Waals surface area contributed by atoms with Crippen molar-refractivity contribution < 1.29 is 18.7 Å². The molecule has 0 bridgehead atoms. The average molecular weight is 228 g/mol. The molecular formula is C8H12ClF2NO2. The summed E-state index contributed by atoms with van der Waals surface area (Å²) in [7, 11) is 0. The monoisotopic (exact) mass is 227 g/mol. The van der Waals surface area contributed by atoms with Crippen molar-refractivity contribution >= 4 is 17.5 Å². The highest BCUT2D eigenvalue weighted by Gasteiger charge is 2.38. The Morgan fingerprint density at radius 3 is 2.50 bits per heavy atom. The van der Waals surface area contributed by atoms with Gasteiger partial charge in [0.15, 0.2) is 0 Å². The van der Waals surface area contributed by atoms with Gasteiger partial charge in [0.2, 0.25) is 0 Å². The number of hydrogen-bond acceptors (Lipinski definition) is 2. The molecule has 0 aromatic heterocycles. The van der Waals surface area contributed by atoms with Crippen molar-refractivity contribution in [1.82, 2.24) is 5.32 Å². The van der Waals surface area contributed by atoms with E-state index in [4.69, 9.17) is 0 Å². The van der Waals surface area contributed by atoms with E-state index in [1.807, 2.05) is 5.32 Å². The summed E-state index contributed by atoms with van der Waals surface area (Å²) in [5.41, 5.74) is 0. The predicted octanol–water partition coefficient (Wildman–Crippen LogP) is 1.24. The smallest absolute Gasteiger partial charge is 0.391 e. The van der Waals surface area contributed by atoms with E-state index in [1.165, 1.54) is 0 Å². The molecule has 2 N–H and O–H groups in total. The number of halogens is 3. The zero-order valence-electron chi connectivity index (χ0n) is 7.47. The Hall–Kier alpha value is -0.420. The fraction of sp³-hybridized carbons (Fsp3) is 0.875. The molecular weight excluding hydrogens is 216 g/mol. The van der Waals surface area contributed by atoms with Crippen LogP contribution in [0.1, 0.15) is 25.7 Å². The molecule has 14 heavy (non-hydrogen) atoms. The Balaban J connectivity index is 2.46. The van der Waals surface area contributed by atoms with Crippen LogP contribution >= 0.6 is 11.6 Å². The molecule has 1 saturated carbocycles. The maximum absolute atomic E-state index is 12.3. The first-order valence-electron chi connectivity index (χ1n) is 4.47. The summed E-state index contributed by atoms with van der Waals surface area (Å²) in [6.07, 6.45) is 1.96. The van der Waals surface area contributed by atoms with Crippen LogP contribution in [-0.2, 0) is 4.79 Å². The minimum absolute atomic E-state index is 0.514. The summed E-state index contributed by atoms with van der Waals surface area (Å²) < 4.78 is 24.5. The van der Waals surface area contributed by atoms with Crippen LogP contribution in [0.3, 0.4) is 0 Å². The van der Waals surface area contributed by atoms with Gasteiger partial charge in [-0.15, -0.1) is 0 Å². The molecule has 0 radical (unpaired) electrons. The van der Waals surface area contributed by atoms with Gasteiger partial charge < -0.3 is 10.4 Å². The lowest BCUT2D eigenvalue weighted by Crippen LogP contribution is -2.49. The summed E-state index contributed by atoms with van der Waals surface area (Å²) in [5.74, 6) is -1.54. The van der Waals surface area contributed by atoms with Crippen molar-refractivity contribution in [3.8, 4) is 0 Å². The Morgan fingerprint density at radius 2 is 2.00 bits per heavy atom. The average Bonchev–Trinajstić information content (AvgIpc) is 2.07. The van der Waals surface area contributed by atoms with E-state index in [0.29, 0.717) is 12.8 Å². The van der Waals surface area contributed by atoms with E-state index in [0.717, 1.165) is 12.8 Å². The van der Waals surface area contributed by atoms with Crippen molar-refractivity contribution in [1.29, 1.82) is 0 Å². The first-order chi connectivity index (χ1) is 6.41. The normalized spacial score (nSPS) is 28.6. The molecule has 0 heterocycles. The summed E-state index contributed by atoms with van der Waals surface area (Å²) in [5, 5.41) is 7.53. The number of aliphatic hydroxyl groups excluding tert-OH is 1. The Labute approximate surface area is 85.4 Å². The van der Waals surface area contributed by atoms with E-state index < -0.39 is 23.4 Å². The summed E-state index contributed by atoms with van der Waals surface area (Å²) >= 11 is 4.52. The van der Waals surface area contributed by atoms with E-state index >= 15 is 0 Å². The molecule has 82 valence electrons. The third-order valence-electron chi connectivity index (χ3n) is 2.30. The number of amides is 1. The zero-order valence-corrected chi connectivity index (χ0v) is 8.23. The molecule has 0 aliphatic heterocycles. The van der Waals surface area contributed by atoms with Crippen LogP contribution < -0.4 is 5.32 Å². The lowest BCUT2D eigenvalue weighted by Gasteiger charge is -2.28. The maximum atomic E-state index is 12.3. The lowest BCUT2D eigenvalue weighted by molar-refractivity contribution is -0.137. The molecule has 6 heteroatoms. The number of alkyl halides is 3. The second-order valence-corrected chi connectivity index (χ2v) is 3.90. The van der Waals surface area contributed by atoms with Crippen LogP contribution in [0.2, 0.25) is 0 Å². The van der Waals surface area contributed by atoms with Crippen molar-refractivity contribution in [2.45, 2.75) is 43.2 Å². The molecule has 1 aliphatic carbocycles. The van der Waals surface area contributed by atoms with E-state index in [1.54, 1.807) is 0 Å². The number of carbonyl (C=O) groups excluding carboxylic acids is 1. The maximum Gasteiger partial charge on any atom is 0.399 e. The Bertz CT molecular complexity index is 220. The molecule has 2 atom stereocenters. The van der Waals surface area contributed by atoms with Crippen LogP contribution in [0.25, 0.3) is 0 Å². The third kappa shape index (κ3) is 3.06. The number of aliphatic hydroxyl groups is 1. The van der Waals surface area contributed by atoms with Gasteiger partial charge in [-0.3, -0.25) is 4.79 Å². The highest BCUT2D eigenvalue weighted by molar-refractivity contribution is 6.32. The first-order valence-corrected chi connectivity index (χ1v) is 4.85. The molecule has 1 fully saturated rings. The topological polar surface area (TPSA) is 49.3 Å². The van der Waals surface area contributed by atoms with Gasteiger partial charge in [0.05, 0.1) is 12.1 Å². The van der Waals surface area contributed by atoms with Gasteiger partial charge in [-0.05, 0) is 24.4 Å². The van der Waals surface area contributed by atoms with Gasteiger partial charge in [0.25, 0.3) is 0 Å². The molecule has 3 nitrogen and oxygen atoms in total. The molecule has 0 aromatic rings. The van der Waals surface area contributed by atoms with Gasteiger partial charge >= 0.3 is 11.3 Å². The molecule has 0 saturated heterocycles. The van der Waals surface area contributed by atoms with Crippen molar-refractivity contribution in [3.63, 3.8) is 0 Å². The SMILES string of the molecule is O=C(N[C@H]1CCCC[C@@H]1O)C(F)(F)Cl. The van der Waals surface area contributed by atoms with Gasteiger partial charge in [-0.25, -0.2) is 0 Å². The Kier molecular flexibility index (Phi) is 3.66. The number of rotatable bonds is 2. The van der Waals surface area contributed by atoms with Gasteiger partial charge in [-0.1, -0.05) is 12.8 Å². The summed E-state index contributed by atoms with van der Waals surface area (Å²) in [6.45, 7) is 0. The number of nitrogens with one attached hydrogen (secondary N) is 1. The summed E-state index contributed by atoms with van der Waals surface area (Å²) in [4.78, 5) is 10.8. The number of hydrogen-bond donors (Lipinski definition) is 2. The van der Waals surface area contributed by atoms with Crippen LogP contribution in [0.4, 0.5) is 8.78 Å². The standard InChI is InChI=1S/C8H12ClF2NO2/c9-8(10,11)7(14)12-5-3-1-2-4-6(5)13/h5-6,13H,1-4H2,(H,12,14)/t5-,6-/m0/s1. The van der Waals surface area contributed by atoms with Crippen molar-refractivity contribution in [2.24, 2.45) is 0 Å². The van der Waals surface area contributed by atoms with E-state index in [-0.39, 0.29) is 0 Å². The second kappa shape index (κ2) is 4.40. The fourth-order valence-corrected chi connectivity index (χ4v) is 1.58. The molecule has 1 rings (SSSR count). The van der Waals surface area contributed by atoms with Crippen molar-refractivity contribution in [2.75, 3.05) is 0 Å². The molecule has 0 spiro atoms. The summed E-state index contributed by atoms with van der Waals surface area (Å²) in [6, 6.07) is -0.596. The van der Waals surface area contributed by atoms with E-state index in [9.17, 15) is 18.7 Å². The Morgan fingerprint density at radius 1 is 1.43 bits per heavy atom. The molecule has 0 aromatic carbocycles. The quantitative estimate of drug-likeness (QED) is 0.698. The predicted molar refractivity (Wildman–Crippen MR) is 47.2 cm³/mol. The fourth-order valence-electron chi connectivity index (χ4n) is 1.53. The van der Waals surface area contributed by atoms with Crippen LogP contribution in [0.5, 0.6) is 0 Å². The minimum Gasteiger partial charge on any atom is -0.391 e. The van der Waals surface area contributed by atoms with Crippen LogP contribution in [0, 0.1) is 0 Å². The second-order valence-electron chi connectivity index (χ2n) is 3.43. The molecule has 0 unspecified atom stereocenters. The first kappa shape index (κ1) is 11.7. The largest absolute Gasteiger partial charge is 0.399 e. The minimum atomic E-state index is -3.89.